The number of likely N-dealkylation sites (tertiary alicyclic amines) is 1. The summed E-state index contributed by atoms with van der Waals surface area (Å²) in [5, 5.41) is 0. The highest BCUT2D eigenvalue weighted by molar-refractivity contribution is 6.00. The number of nitrogens with zero attached hydrogens (tertiary/aromatic N) is 4. The van der Waals surface area contributed by atoms with Crippen LogP contribution in [-0.2, 0) is 0 Å². The predicted octanol–water partition coefficient (Wildman–Crippen LogP) is 4.98. The first-order chi connectivity index (χ1) is 15.5. The molecule has 0 aliphatic carbocycles. The molecule has 1 saturated heterocycles. The quantitative estimate of drug-likeness (QED) is 0.552. The Balaban J connectivity index is 1.47. The van der Waals surface area contributed by atoms with E-state index in [9.17, 15) is 4.79 Å². The smallest absolute Gasteiger partial charge is 0.254 e. The summed E-state index contributed by atoms with van der Waals surface area (Å²) in [6, 6.07) is 15.4. The lowest BCUT2D eigenvalue weighted by Gasteiger charge is -2.38. The van der Waals surface area contributed by atoms with Crippen molar-refractivity contribution in [2.24, 2.45) is 5.92 Å². The van der Waals surface area contributed by atoms with E-state index in [4.69, 9.17) is 4.74 Å². The fourth-order valence-corrected chi connectivity index (χ4v) is 4.09. The fraction of sp³-hybridized carbons (Fsp3) is 0.385. The van der Waals surface area contributed by atoms with Gasteiger partial charge in [-0.2, -0.15) is 0 Å². The standard InChI is InChI=1S/C26H30N4O2/c1-18(2)23-10-6-11-24(29-23)32-17-20-13-12-19(3)30(16-20)26(31)22-9-5-4-8-21(22)25-27-14-7-15-28-25/h4-11,14-15,18-20H,12-13,16-17H2,1-3H3/t19-,20-/m1/s1. The van der Waals surface area contributed by atoms with Crippen molar-refractivity contribution in [1.29, 1.82) is 0 Å². The third kappa shape index (κ3) is 4.96. The van der Waals surface area contributed by atoms with Crippen molar-refractivity contribution in [2.45, 2.75) is 45.6 Å². The number of carbonyl (C=O) groups is 1. The van der Waals surface area contributed by atoms with E-state index in [1.54, 1.807) is 18.5 Å². The first-order valence-electron chi connectivity index (χ1n) is 11.3. The van der Waals surface area contributed by atoms with Gasteiger partial charge in [0, 0.05) is 48.2 Å². The number of aromatic nitrogens is 3. The number of pyridine rings is 1. The third-order valence-corrected chi connectivity index (χ3v) is 6.01. The van der Waals surface area contributed by atoms with E-state index >= 15 is 0 Å². The highest BCUT2D eigenvalue weighted by Gasteiger charge is 2.31. The molecule has 1 aliphatic heterocycles. The maximum atomic E-state index is 13.6. The van der Waals surface area contributed by atoms with Crippen molar-refractivity contribution >= 4 is 5.91 Å². The van der Waals surface area contributed by atoms with Gasteiger partial charge in [0.15, 0.2) is 5.82 Å². The Morgan fingerprint density at radius 1 is 1.06 bits per heavy atom. The molecular formula is C26H30N4O2. The number of rotatable bonds is 6. The molecule has 32 heavy (non-hydrogen) atoms. The van der Waals surface area contributed by atoms with Crippen LogP contribution >= 0.6 is 0 Å². The van der Waals surface area contributed by atoms with Crippen LogP contribution in [0.3, 0.4) is 0 Å². The number of benzene rings is 1. The van der Waals surface area contributed by atoms with E-state index in [1.807, 2.05) is 47.4 Å². The summed E-state index contributed by atoms with van der Waals surface area (Å²) in [4.78, 5) is 28.8. The van der Waals surface area contributed by atoms with Gasteiger partial charge in [0.2, 0.25) is 5.88 Å². The number of amides is 1. The summed E-state index contributed by atoms with van der Waals surface area (Å²) < 4.78 is 6.03. The molecule has 2 aromatic heterocycles. The van der Waals surface area contributed by atoms with Gasteiger partial charge in [-0.15, -0.1) is 0 Å². The van der Waals surface area contributed by atoms with Crippen LogP contribution in [0.2, 0.25) is 0 Å². The van der Waals surface area contributed by atoms with Crippen LogP contribution in [0.25, 0.3) is 11.4 Å². The lowest BCUT2D eigenvalue weighted by Crippen LogP contribution is -2.47. The average molecular weight is 431 g/mol. The molecule has 1 amide bonds. The van der Waals surface area contributed by atoms with E-state index < -0.39 is 0 Å². The Bertz CT molecular complexity index is 1050. The molecule has 0 saturated carbocycles. The molecular weight excluding hydrogens is 400 g/mol. The van der Waals surface area contributed by atoms with E-state index in [1.165, 1.54) is 0 Å². The minimum Gasteiger partial charge on any atom is -0.477 e. The maximum absolute atomic E-state index is 13.6. The molecule has 0 radical (unpaired) electrons. The topological polar surface area (TPSA) is 68.2 Å². The van der Waals surface area contributed by atoms with Gasteiger partial charge in [0.25, 0.3) is 5.91 Å². The van der Waals surface area contributed by atoms with Gasteiger partial charge in [-0.1, -0.05) is 38.1 Å². The molecule has 1 fully saturated rings. The Kier molecular flexibility index (Phi) is 6.78. The van der Waals surface area contributed by atoms with Crippen LogP contribution in [0, 0.1) is 5.92 Å². The molecule has 2 atom stereocenters. The van der Waals surface area contributed by atoms with Crippen LogP contribution in [0.4, 0.5) is 0 Å². The zero-order valence-electron chi connectivity index (χ0n) is 18.9. The molecule has 0 bridgehead atoms. The van der Waals surface area contributed by atoms with E-state index in [0.717, 1.165) is 24.1 Å². The third-order valence-electron chi connectivity index (χ3n) is 6.01. The first kappa shape index (κ1) is 21.9. The molecule has 0 unspecified atom stereocenters. The van der Waals surface area contributed by atoms with Crippen LogP contribution in [-0.4, -0.2) is 45.0 Å². The first-order valence-corrected chi connectivity index (χ1v) is 11.3. The van der Waals surface area contributed by atoms with Crippen molar-refractivity contribution < 1.29 is 9.53 Å². The van der Waals surface area contributed by atoms with Crippen molar-refractivity contribution in [2.75, 3.05) is 13.2 Å². The predicted molar refractivity (Wildman–Crippen MR) is 125 cm³/mol. The van der Waals surface area contributed by atoms with Crippen LogP contribution in [0.5, 0.6) is 5.88 Å². The Morgan fingerprint density at radius 2 is 1.84 bits per heavy atom. The molecule has 6 heteroatoms. The van der Waals surface area contributed by atoms with Gasteiger partial charge < -0.3 is 9.64 Å². The lowest BCUT2D eigenvalue weighted by atomic mass is 9.92. The van der Waals surface area contributed by atoms with E-state index in [0.29, 0.717) is 36.3 Å². The molecule has 0 N–H and O–H groups in total. The molecule has 166 valence electrons. The molecule has 3 aromatic rings. The number of carbonyl (C=O) groups excluding carboxylic acids is 1. The van der Waals surface area contributed by atoms with Gasteiger partial charge in [0.1, 0.15) is 0 Å². The number of piperidine rings is 1. The Hall–Kier alpha value is -3.28. The molecule has 0 spiro atoms. The monoisotopic (exact) mass is 430 g/mol. The average Bonchev–Trinajstić information content (AvgIpc) is 2.84. The van der Waals surface area contributed by atoms with Crippen LogP contribution in [0.15, 0.2) is 60.9 Å². The largest absolute Gasteiger partial charge is 0.477 e. The summed E-state index contributed by atoms with van der Waals surface area (Å²) in [6.07, 6.45) is 5.37. The summed E-state index contributed by atoms with van der Waals surface area (Å²) in [5.74, 6) is 1.86. The molecule has 1 aliphatic rings. The van der Waals surface area contributed by atoms with Crippen LogP contribution < -0.4 is 4.74 Å². The van der Waals surface area contributed by atoms with Gasteiger partial charge in [-0.3, -0.25) is 4.79 Å². The lowest BCUT2D eigenvalue weighted by molar-refractivity contribution is 0.0503. The summed E-state index contributed by atoms with van der Waals surface area (Å²) in [5.41, 5.74) is 2.42. The Labute approximate surface area is 189 Å². The van der Waals surface area contributed by atoms with Crippen LogP contribution in [0.1, 0.15) is 55.6 Å². The maximum Gasteiger partial charge on any atom is 0.254 e. The minimum atomic E-state index is 0.0187. The zero-order valence-corrected chi connectivity index (χ0v) is 18.9. The Morgan fingerprint density at radius 3 is 2.62 bits per heavy atom. The molecule has 1 aromatic carbocycles. The van der Waals surface area contributed by atoms with E-state index in [2.05, 4.69) is 35.7 Å². The second kappa shape index (κ2) is 9.90. The number of ether oxygens (including phenoxy) is 1. The number of hydrogen-bond donors (Lipinski definition) is 0. The highest BCUT2D eigenvalue weighted by atomic mass is 16.5. The van der Waals surface area contributed by atoms with Crippen molar-refractivity contribution in [3.8, 4) is 17.3 Å². The highest BCUT2D eigenvalue weighted by Crippen LogP contribution is 2.28. The van der Waals surface area contributed by atoms with Crippen molar-refractivity contribution in [1.82, 2.24) is 19.9 Å². The molecule has 3 heterocycles. The normalized spacial score (nSPS) is 18.6. The summed E-state index contributed by atoms with van der Waals surface area (Å²) >= 11 is 0. The van der Waals surface area contributed by atoms with Gasteiger partial charge in [0.05, 0.1) is 12.2 Å². The molecule has 6 nitrogen and oxygen atoms in total. The van der Waals surface area contributed by atoms with Crippen molar-refractivity contribution in [3.05, 3.63) is 72.2 Å². The number of hydrogen-bond acceptors (Lipinski definition) is 5. The zero-order chi connectivity index (χ0) is 22.5. The summed E-state index contributed by atoms with van der Waals surface area (Å²) in [7, 11) is 0. The second-order valence-electron chi connectivity index (χ2n) is 8.73. The summed E-state index contributed by atoms with van der Waals surface area (Å²) in [6.45, 7) is 7.57. The van der Waals surface area contributed by atoms with Crippen molar-refractivity contribution in [3.63, 3.8) is 0 Å². The molecule has 4 rings (SSSR count). The van der Waals surface area contributed by atoms with Gasteiger partial charge >= 0.3 is 0 Å². The SMILES string of the molecule is CC(C)c1cccc(OC[C@@H]2CC[C@@H](C)N(C(=O)c3ccccc3-c3ncccn3)C2)n1. The fourth-order valence-electron chi connectivity index (χ4n) is 4.09. The van der Waals surface area contributed by atoms with Gasteiger partial charge in [-0.25, -0.2) is 15.0 Å². The second-order valence-corrected chi connectivity index (χ2v) is 8.73. The van der Waals surface area contributed by atoms with E-state index in [-0.39, 0.29) is 17.9 Å². The van der Waals surface area contributed by atoms with Gasteiger partial charge in [-0.05, 0) is 43.9 Å². The minimum absolute atomic E-state index is 0.0187.